The normalized spacial score (nSPS) is 32.0. The van der Waals surface area contributed by atoms with E-state index >= 15 is 0 Å². The summed E-state index contributed by atoms with van der Waals surface area (Å²) in [4.78, 5) is 0. The number of benzene rings is 1. The highest BCUT2D eigenvalue weighted by Gasteiger charge is 2.31. The molecule has 0 atom stereocenters. The largest absolute Gasteiger partial charge is 0.204 e. The minimum absolute atomic E-state index is 0.430. The minimum atomic E-state index is -0.730. The second-order valence-electron chi connectivity index (χ2n) is 7.45. The smallest absolute Gasteiger partial charge is 0.159 e. The van der Waals surface area contributed by atoms with Crippen molar-refractivity contribution in [2.75, 3.05) is 0 Å². The molecule has 2 aliphatic carbocycles. The van der Waals surface area contributed by atoms with Crippen molar-refractivity contribution in [3.05, 3.63) is 35.4 Å². The molecule has 0 nitrogen and oxygen atoms in total. The molecule has 0 aliphatic heterocycles. The Labute approximate surface area is 141 Å². The van der Waals surface area contributed by atoms with Crippen molar-refractivity contribution in [2.24, 2.45) is 11.8 Å². The van der Waals surface area contributed by atoms with Gasteiger partial charge in [-0.05, 0) is 66.7 Å². The van der Waals surface area contributed by atoms with Crippen LogP contribution in [0.3, 0.4) is 0 Å². The Hall–Kier alpha value is -0.703. The summed E-state index contributed by atoms with van der Waals surface area (Å²) in [6.45, 7) is 2.31. The summed E-state index contributed by atoms with van der Waals surface area (Å²) in [7, 11) is 1.17. The van der Waals surface area contributed by atoms with Gasteiger partial charge in [0.2, 0.25) is 0 Å². The molecule has 3 rings (SSSR count). The first kappa shape index (κ1) is 17.1. The van der Waals surface area contributed by atoms with Gasteiger partial charge in [0.1, 0.15) is 0 Å². The third-order valence-electron chi connectivity index (χ3n) is 6.12. The average molecular weight is 335 g/mol. The standard InChI is InChI=1S/C20H28F2Si/c1-2-23-18-10-7-15(8-11-18)14-3-5-16(6-4-14)17-9-12-19(21)20(22)13-17/h9,12-16,18H,2-8,10-11H2,1H3. The Balaban J connectivity index is 1.50. The average Bonchev–Trinajstić information content (AvgIpc) is 2.59. The van der Waals surface area contributed by atoms with Crippen LogP contribution in [0.25, 0.3) is 0 Å². The molecule has 0 bridgehead atoms. The van der Waals surface area contributed by atoms with Crippen molar-refractivity contribution < 1.29 is 8.78 Å². The lowest BCUT2D eigenvalue weighted by Gasteiger charge is -2.38. The maximum absolute atomic E-state index is 13.4. The maximum Gasteiger partial charge on any atom is 0.159 e. The molecule has 2 fully saturated rings. The van der Waals surface area contributed by atoms with Gasteiger partial charge in [0, 0.05) is 9.52 Å². The van der Waals surface area contributed by atoms with Crippen LogP contribution in [0.5, 0.6) is 0 Å². The van der Waals surface area contributed by atoms with Gasteiger partial charge >= 0.3 is 0 Å². The zero-order chi connectivity index (χ0) is 16.2. The van der Waals surface area contributed by atoms with Crippen LogP contribution in [0.1, 0.15) is 69.8 Å². The van der Waals surface area contributed by atoms with Gasteiger partial charge in [-0.25, -0.2) is 8.78 Å². The van der Waals surface area contributed by atoms with Crippen molar-refractivity contribution in [3.63, 3.8) is 0 Å². The SMILES string of the molecule is CC[Si]C1CCC(C2CCC(c3ccc(F)c(F)c3)CC2)CC1. The summed E-state index contributed by atoms with van der Waals surface area (Å²) in [5.74, 6) is 0.812. The molecule has 0 aromatic heterocycles. The van der Waals surface area contributed by atoms with Gasteiger partial charge in [-0.2, -0.15) is 0 Å². The van der Waals surface area contributed by atoms with Crippen LogP contribution in [0, 0.1) is 23.5 Å². The first-order chi connectivity index (χ1) is 11.2. The summed E-state index contributed by atoms with van der Waals surface area (Å²) in [5, 5.41) is 0. The highest BCUT2D eigenvalue weighted by atomic mass is 28.2. The van der Waals surface area contributed by atoms with Crippen LogP contribution in [0.2, 0.25) is 11.6 Å². The molecule has 0 saturated heterocycles. The second-order valence-corrected chi connectivity index (χ2v) is 9.39. The molecule has 1 aromatic carbocycles. The fourth-order valence-electron chi connectivity index (χ4n) is 4.77. The van der Waals surface area contributed by atoms with E-state index in [-0.39, 0.29) is 0 Å². The second kappa shape index (κ2) is 7.91. The molecule has 0 amide bonds. The van der Waals surface area contributed by atoms with Crippen LogP contribution in [0.4, 0.5) is 8.78 Å². The molecule has 0 N–H and O–H groups in total. The lowest BCUT2D eigenvalue weighted by molar-refractivity contribution is 0.185. The minimum Gasteiger partial charge on any atom is -0.204 e. The van der Waals surface area contributed by atoms with Gasteiger partial charge < -0.3 is 0 Å². The van der Waals surface area contributed by atoms with Gasteiger partial charge in [-0.15, -0.1) is 0 Å². The first-order valence-electron chi connectivity index (χ1n) is 9.35. The van der Waals surface area contributed by atoms with Crippen LogP contribution in [-0.2, 0) is 0 Å². The maximum atomic E-state index is 13.4. The van der Waals surface area contributed by atoms with Gasteiger partial charge in [-0.3, -0.25) is 0 Å². The molecular formula is C20H28F2Si. The Morgan fingerprint density at radius 1 is 0.870 bits per heavy atom. The lowest BCUT2D eigenvalue weighted by atomic mass is 9.70. The Morgan fingerprint density at radius 3 is 2.04 bits per heavy atom. The van der Waals surface area contributed by atoms with Crippen molar-refractivity contribution in [1.29, 1.82) is 0 Å². The van der Waals surface area contributed by atoms with Crippen LogP contribution in [-0.4, -0.2) is 9.52 Å². The zero-order valence-electron chi connectivity index (χ0n) is 14.2. The van der Waals surface area contributed by atoms with Crippen LogP contribution in [0.15, 0.2) is 18.2 Å². The van der Waals surface area contributed by atoms with E-state index < -0.39 is 11.6 Å². The van der Waals surface area contributed by atoms with E-state index in [1.807, 2.05) is 0 Å². The summed E-state index contributed by atoms with van der Waals surface area (Å²) in [6, 6.07) is 5.83. The molecule has 0 unspecified atom stereocenters. The summed E-state index contributed by atoms with van der Waals surface area (Å²) < 4.78 is 26.5. The molecule has 2 radical (unpaired) electrons. The summed E-state index contributed by atoms with van der Waals surface area (Å²) in [6.07, 6.45) is 10.6. The van der Waals surface area contributed by atoms with Gasteiger partial charge in [-0.1, -0.05) is 44.7 Å². The Kier molecular flexibility index (Phi) is 5.89. The van der Waals surface area contributed by atoms with E-state index in [2.05, 4.69) is 6.92 Å². The van der Waals surface area contributed by atoms with Crippen LogP contribution >= 0.6 is 0 Å². The van der Waals surface area contributed by atoms with Gasteiger partial charge in [0.05, 0.1) is 0 Å². The molecule has 1 aromatic rings. The van der Waals surface area contributed by atoms with E-state index in [9.17, 15) is 8.78 Å². The summed E-state index contributed by atoms with van der Waals surface area (Å²) >= 11 is 0. The predicted octanol–water partition coefficient (Wildman–Crippen LogP) is 6.36. The van der Waals surface area contributed by atoms with Crippen molar-refractivity contribution in [2.45, 2.75) is 75.8 Å². The third-order valence-corrected chi connectivity index (χ3v) is 7.68. The van der Waals surface area contributed by atoms with E-state index in [1.54, 1.807) is 6.07 Å². The van der Waals surface area contributed by atoms with Gasteiger partial charge in [0.25, 0.3) is 0 Å². The highest BCUT2D eigenvalue weighted by molar-refractivity contribution is 6.37. The fraction of sp³-hybridized carbons (Fsp3) is 0.700. The van der Waals surface area contributed by atoms with E-state index in [0.29, 0.717) is 5.92 Å². The fourth-order valence-corrected chi connectivity index (χ4v) is 6.09. The molecule has 23 heavy (non-hydrogen) atoms. The highest BCUT2D eigenvalue weighted by Crippen LogP contribution is 2.45. The lowest BCUT2D eigenvalue weighted by Crippen LogP contribution is -2.25. The molecule has 126 valence electrons. The predicted molar refractivity (Wildman–Crippen MR) is 93.0 cm³/mol. The van der Waals surface area contributed by atoms with Crippen molar-refractivity contribution in [3.8, 4) is 0 Å². The molecular weight excluding hydrogens is 306 g/mol. The van der Waals surface area contributed by atoms with Crippen molar-refractivity contribution >= 4 is 9.52 Å². The van der Waals surface area contributed by atoms with Crippen LogP contribution < -0.4 is 0 Å². The van der Waals surface area contributed by atoms with E-state index in [1.165, 1.54) is 66.2 Å². The zero-order valence-corrected chi connectivity index (χ0v) is 15.2. The molecule has 3 heteroatoms. The summed E-state index contributed by atoms with van der Waals surface area (Å²) in [5.41, 5.74) is 2.00. The Bertz CT molecular complexity index is 500. The number of rotatable bonds is 4. The first-order valence-corrected chi connectivity index (χ1v) is 10.6. The monoisotopic (exact) mass is 334 g/mol. The third kappa shape index (κ3) is 4.23. The van der Waals surface area contributed by atoms with Crippen molar-refractivity contribution in [1.82, 2.24) is 0 Å². The molecule has 2 saturated carbocycles. The topological polar surface area (TPSA) is 0 Å². The molecule has 0 spiro atoms. The molecule has 2 aliphatic rings. The van der Waals surface area contributed by atoms with E-state index in [4.69, 9.17) is 0 Å². The quantitative estimate of drug-likeness (QED) is 0.562. The molecule has 0 heterocycles. The van der Waals surface area contributed by atoms with Gasteiger partial charge in [0.15, 0.2) is 11.6 Å². The number of halogens is 2. The van der Waals surface area contributed by atoms with E-state index in [0.717, 1.165) is 35.8 Å². The number of hydrogen-bond donors (Lipinski definition) is 0. The number of hydrogen-bond acceptors (Lipinski definition) is 0. The Morgan fingerprint density at radius 2 is 1.48 bits per heavy atom.